The van der Waals surface area contributed by atoms with Crippen molar-refractivity contribution < 1.29 is 27.1 Å². The lowest BCUT2D eigenvalue weighted by molar-refractivity contribution is -0.140. The van der Waals surface area contributed by atoms with Crippen molar-refractivity contribution in [3.05, 3.63) is 66.1 Å². The third kappa shape index (κ3) is 5.04. The van der Waals surface area contributed by atoms with Crippen LogP contribution in [0.25, 0.3) is 33.9 Å². The molecule has 0 bridgehead atoms. The Hall–Kier alpha value is -4.52. The van der Waals surface area contributed by atoms with E-state index in [2.05, 4.69) is 19.9 Å². The van der Waals surface area contributed by atoms with Gasteiger partial charge in [0.1, 0.15) is 23.2 Å². The van der Waals surface area contributed by atoms with Crippen molar-refractivity contribution in [2.45, 2.75) is 50.9 Å². The number of fused-ring (bicyclic) bond motifs is 1. The highest BCUT2D eigenvalue weighted by atomic mass is 19.4. The number of morpholine rings is 1. The number of benzene rings is 1. The maximum Gasteiger partial charge on any atom is 0.434 e. The minimum atomic E-state index is -4.53. The van der Waals surface area contributed by atoms with Crippen LogP contribution in [-0.4, -0.2) is 56.4 Å². The van der Waals surface area contributed by atoms with Gasteiger partial charge < -0.3 is 23.4 Å². The molecule has 5 heterocycles. The van der Waals surface area contributed by atoms with E-state index in [-0.39, 0.29) is 17.9 Å². The fourth-order valence-electron chi connectivity index (χ4n) is 5.69. The molecule has 5 aromatic rings. The van der Waals surface area contributed by atoms with Gasteiger partial charge >= 0.3 is 6.18 Å². The summed E-state index contributed by atoms with van der Waals surface area (Å²) in [6, 6.07) is 8.74. The highest BCUT2D eigenvalue weighted by molar-refractivity contribution is 5.87. The number of aromatic nitrogens is 6. The predicted molar refractivity (Wildman–Crippen MR) is 155 cm³/mol. The van der Waals surface area contributed by atoms with Gasteiger partial charge in [-0.25, -0.2) is 24.9 Å². The molecule has 0 N–H and O–H groups in total. The Bertz CT molecular complexity index is 1810. The van der Waals surface area contributed by atoms with Crippen molar-refractivity contribution >= 4 is 16.9 Å². The molecule has 7 rings (SSSR count). The van der Waals surface area contributed by atoms with Crippen LogP contribution < -0.4 is 9.64 Å². The smallest absolute Gasteiger partial charge is 0.434 e. The van der Waals surface area contributed by atoms with Crippen molar-refractivity contribution in [2.24, 2.45) is 0 Å². The molecule has 10 nitrogen and oxygen atoms in total. The van der Waals surface area contributed by atoms with Crippen LogP contribution in [0.4, 0.5) is 19.0 Å². The second-order valence-electron chi connectivity index (χ2n) is 11.3. The van der Waals surface area contributed by atoms with Crippen LogP contribution in [0.2, 0.25) is 0 Å². The summed E-state index contributed by atoms with van der Waals surface area (Å²) in [4.78, 5) is 24.8. The third-order valence-electron chi connectivity index (χ3n) is 8.04. The first-order chi connectivity index (χ1) is 21.2. The molecule has 1 saturated carbocycles. The van der Waals surface area contributed by atoms with E-state index >= 15 is 0 Å². The molecule has 2 fully saturated rings. The first kappa shape index (κ1) is 28.3. The number of alkyl halides is 3. The number of rotatable bonds is 7. The van der Waals surface area contributed by atoms with E-state index in [0.717, 1.165) is 30.3 Å². The van der Waals surface area contributed by atoms with Gasteiger partial charge in [-0.05, 0) is 32.3 Å². The van der Waals surface area contributed by atoms with Crippen LogP contribution in [0.15, 0.2) is 53.5 Å². The molecule has 228 valence electrons. The van der Waals surface area contributed by atoms with Gasteiger partial charge in [-0.15, -0.1) is 0 Å². The Kier molecular flexibility index (Phi) is 6.99. The second kappa shape index (κ2) is 10.9. The van der Waals surface area contributed by atoms with Crippen molar-refractivity contribution in [3.63, 3.8) is 0 Å². The summed E-state index contributed by atoms with van der Waals surface area (Å²) >= 11 is 0. The van der Waals surface area contributed by atoms with E-state index in [4.69, 9.17) is 23.9 Å². The minimum Gasteiger partial charge on any atom is -0.480 e. The molecule has 13 heteroatoms. The first-order valence-electron chi connectivity index (χ1n) is 14.5. The van der Waals surface area contributed by atoms with Crippen LogP contribution in [0.3, 0.4) is 0 Å². The SMILES string of the molecule is COc1ncnc(C2CC2)c1-c1nc(N2CCOC[C@H]2c2ccc(-c3nc(C(F)(F)F)cn3C(C)C)cc2)c2occc2n1. The standard InChI is InChI=1S/C31H30F3N7O3/c1-17(2)41-14-23(31(32,33)34)38-28(41)20-8-4-18(5-9-20)22-15-43-13-11-40(22)29-26-21(10-12-44-26)37-27(39-29)24-25(19-6-7-19)35-16-36-30(24)42-3/h4-5,8-10,12,14,16-17,19,22H,6-7,11,13,15H2,1-3H3/t22-/m0/s1. The molecule has 44 heavy (non-hydrogen) atoms. The van der Waals surface area contributed by atoms with Gasteiger partial charge in [-0.1, -0.05) is 24.3 Å². The maximum atomic E-state index is 13.5. The molecule has 4 aromatic heterocycles. The van der Waals surface area contributed by atoms with E-state index in [1.807, 2.05) is 26.0 Å². The first-order valence-corrected chi connectivity index (χ1v) is 14.5. The summed E-state index contributed by atoms with van der Waals surface area (Å²) in [5.41, 5.74) is 3.31. The number of furan rings is 1. The molecule has 1 aliphatic heterocycles. The van der Waals surface area contributed by atoms with E-state index in [1.54, 1.807) is 36.1 Å². The van der Waals surface area contributed by atoms with Crippen LogP contribution in [0, 0.1) is 0 Å². The summed E-state index contributed by atoms with van der Waals surface area (Å²) in [6.07, 6.45) is 1.69. The average molecular weight is 606 g/mol. The van der Waals surface area contributed by atoms with Crippen LogP contribution in [-0.2, 0) is 10.9 Å². The number of anilines is 1. The van der Waals surface area contributed by atoms with E-state index in [9.17, 15) is 13.2 Å². The van der Waals surface area contributed by atoms with Gasteiger partial charge in [0.2, 0.25) is 5.88 Å². The lowest BCUT2D eigenvalue weighted by Gasteiger charge is -2.36. The molecule has 1 aliphatic carbocycles. The summed E-state index contributed by atoms with van der Waals surface area (Å²) in [5.74, 6) is 2.04. The molecule has 1 saturated heterocycles. The molecular formula is C31H30F3N7O3. The topological polar surface area (TPSA) is 104 Å². The van der Waals surface area contributed by atoms with Crippen LogP contribution in [0.1, 0.15) is 61.6 Å². The monoisotopic (exact) mass is 605 g/mol. The predicted octanol–water partition coefficient (Wildman–Crippen LogP) is 6.61. The number of imidazole rings is 1. The Morgan fingerprint density at radius 3 is 2.52 bits per heavy atom. The van der Waals surface area contributed by atoms with E-state index in [0.29, 0.717) is 65.4 Å². The average Bonchev–Trinajstić information content (AvgIpc) is 3.57. The third-order valence-corrected chi connectivity index (χ3v) is 8.04. The fourth-order valence-corrected chi connectivity index (χ4v) is 5.69. The Balaban J connectivity index is 1.28. The van der Waals surface area contributed by atoms with Gasteiger partial charge in [0, 0.05) is 36.3 Å². The molecular weight excluding hydrogens is 575 g/mol. The van der Waals surface area contributed by atoms with Crippen LogP contribution >= 0.6 is 0 Å². The van der Waals surface area contributed by atoms with Gasteiger partial charge in [0.25, 0.3) is 0 Å². The molecule has 0 amide bonds. The fraction of sp³-hybridized carbons (Fsp3) is 0.387. The molecule has 0 radical (unpaired) electrons. The van der Waals surface area contributed by atoms with Crippen LogP contribution in [0.5, 0.6) is 5.88 Å². The van der Waals surface area contributed by atoms with E-state index in [1.165, 1.54) is 6.33 Å². The number of methoxy groups -OCH3 is 1. The summed E-state index contributed by atoms with van der Waals surface area (Å²) in [5, 5.41) is 0. The molecule has 1 atom stereocenters. The zero-order chi connectivity index (χ0) is 30.6. The highest BCUT2D eigenvalue weighted by Crippen LogP contribution is 2.46. The zero-order valence-electron chi connectivity index (χ0n) is 24.4. The Labute approximate surface area is 250 Å². The lowest BCUT2D eigenvalue weighted by Crippen LogP contribution is -2.40. The molecule has 1 aromatic carbocycles. The number of ether oxygens (including phenoxy) is 2. The van der Waals surface area contributed by atoms with Crippen molar-refractivity contribution in [2.75, 3.05) is 31.8 Å². The molecule has 2 aliphatic rings. The number of nitrogens with zero attached hydrogens (tertiary/aromatic N) is 7. The molecule has 0 unspecified atom stereocenters. The lowest BCUT2D eigenvalue weighted by atomic mass is 10.0. The van der Waals surface area contributed by atoms with Gasteiger partial charge in [-0.3, -0.25) is 0 Å². The second-order valence-corrected chi connectivity index (χ2v) is 11.3. The minimum absolute atomic E-state index is 0.202. The largest absolute Gasteiger partial charge is 0.480 e. The zero-order valence-corrected chi connectivity index (χ0v) is 24.4. The summed E-state index contributed by atoms with van der Waals surface area (Å²) < 4.78 is 59.4. The van der Waals surface area contributed by atoms with Gasteiger partial charge in [0.05, 0.1) is 38.3 Å². The number of halogens is 3. The quantitative estimate of drug-likeness (QED) is 0.203. The molecule has 0 spiro atoms. The Morgan fingerprint density at radius 2 is 1.82 bits per heavy atom. The Morgan fingerprint density at radius 1 is 1.02 bits per heavy atom. The number of hydrogen-bond acceptors (Lipinski definition) is 9. The summed E-state index contributed by atoms with van der Waals surface area (Å²) in [6.45, 7) is 5.04. The highest BCUT2D eigenvalue weighted by Gasteiger charge is 2.36. The number of hydrogen-bond donors (Lipinski definition) is 0. The van der Waals surface area contributed by atoms with Crippen molar-refractivity contribution in [1.29, 1.82) is 0 Å². The van der Waals surface area contributed by atoms with Crippen molar-refractivity contribution in [1.82, 2.24) is 29.5 Å². The maximum absolute atomic E-state index is 13.5. The van der Waals surface area contributed by atoms with E-state index < -0.39 is 11.9 Å². The van der Waals surface area contributed by atoms with Gasteiger partial charge in [-0.2, -0.15) is 13.2 Å². The van der Waals surface area contributed by atoms with Crippen molar-refractivity contribution in [3.8, 4) is 28.7 Å². The normalized spacial score (nSPS) is 17.5. The van der Waals surface area contributed by atoms with Gasteiger partial charge in [0.15, 0.2) is 22.9 Å². The summed E-state index contributed by atoms with van der Waals surface area (Å²) in [7, 11) is 1.57.